The van der Waals surface area contributed by atoms with Crippen molar-refractivity contribution in [3.8, 4) is 0 Å². The van der Waals surface area contributed by atoms with Crippen LogP contribution in [0, 0.1) is 0 Å². The first-order chi connectivity index (χ1) is 7.14. The molecule has 0 aliphatic heterocycles. The van der Waals surface area contributed by atoms with E-state index in [0.29, 0.717) is 12.8 Å². The Morgan fingerprint density at radius 2 is 1.93 bits per heavy atom. The van der Waals surface area contributed by atoms with E-state index in [1.807, 2.05) is 0 Å². The first kappa shape index (κ1) is 12.0. The van der Waals surface area contributed by atoms with Gasteiger partial charge in [0.1, 0.15) is 5.54 Å². The van der Waals surface area contributed by atoms with E-state index in [0.717, 1.165) is 19.3 Å². The number of rotatable bonds is 3. The van der Waals surface area contributed by atoms with Gasteiger partial charge in [0.05, 0.1) is 13.7 Å². The van der Waals surface area contributed by atoms with Crippen LogP contribution in [-0.4, -0.2) is 31.1 Å². The van der Waals surface area contributed by atoms with Crippen molar-refractivity contribution in [3.63, 3.8) is 0 Å². The van der Waals surface area contributed by atoms with Gasteiger partial charge >= 0.3 is 5.97 Å². The van der Waals surface area contributed by atoms with Crippen molar-refractivity contribution in [3.05, 3.63) is 0 Å². The molecule has 0 aromatic rings. The third kappa shape index (κ3) is 2.68. The lowest BCUT2D eigenvalue weighted by Gasteiger charge is -2.35. The minimum atomic E-state index is -0.830. The molecular formula is C10H18N2O3. The van der Waals surface area contributed by atoms with Crippen LogP contribution in [0.2, 0.25) is 0 Å². The Hall–Kier alpha value is -1.10. The van der Waals surface area contributed by atoms with Gasteiger partial charge in [-0.15, -0.1) is 0 Å². The lowest BCUT2D eigenvalue weighted by atomic mass is 9.81. The minimum absolute atomic E-state index is 0.0985. The molecule has 0 saturated heterocycles. The molecule has 1 fully saturated rings. The smallest absolute Gasteiger partial charge is 0.331 e. The maximum atomic E-state index is 11.7. The third-order valence-electron chi connectivity index (χ3n) is 2.85. The van der Waals surface area contributed by atoms with E-state index >= 15 is 0 Å². The van der Waals surface area contributed by atoms with Crippen LogP contribution >= 0.6 is 0 Å². The molecule has 3 N–H and O–H groups in total. The van der Waals surface area contributed by atoms with Crippen molar-refractivity contribution in [2.45, 2.75) is 37.6 Å². The number of carbonyl (C=O) groups is 2. The highest BCUT2D eigenvalue weighted by Gasteiger charge is 2.41. The SMILES string of the molecule is COC(=O)C1(NC(=O)CN)CCCCC1. The van der Waals surface area contributed by atoms with Crippen molar-refractivity contribution in [1.29, 1.82) is 0 Å². The van der Waals surface area contributed by atoms with Crippen molar-refractivity contribution < 1.29 is 14.3 Å². The van der Waals surface area contributed by atoms with Crippen molar-refractivity contribution >= 4 is 11.9 Å². The second kappa shape index (κ2) is 5.11. The monoisotopic (exact) mass is 214 g/mol. The zero-order valence-electron chi connectivity index (χ0n) is 9.04. The van der Waals surface area contributed by atoms with E-state index in [4.69, 9.17) is 10.5 Å². The molecule has 1 saturated carbocycles. The molecule has 0 unspecified atom stereocenters. The van der Waals surface area contributed by atoms with Crippen molar-refractivity contribution in [2.24, 2.45) is 5.73 Å². The van der Waals surface area contributed by atoms with Gasteiger partial charge in [0.15, 0.2) is 0 Å². The van der Waals surface area contributed by atoms with Crippen LogP contribution in [0.3, 0.4) is 0 Å². The fourth-order valence-electron chi connectivity index (χ4n) is 2.05. The lowest BCUT2D eigenvalue weighted by molar-refractivity contribution is -0.152. The van der Waals surface area contributed by atoms with Gasteiger partial charge in [-0.3, -0.25) is 4.79 Å². The van der Waals surface area contributed by atoms with Crippen LogP contribution in [0.4, 0.5) is 0 Å². The van der Waals surface area contributed by atoms with Gasteiger partial charge in [-0.05, 0) is 12.8 Å². The molecule has 1 aliphatic rings. The maximum absolute atomic E-state index is 11.7. The summed E-state index contributed by atoms with van der Waals surface area (Å²) in [6.07, 6.45) is 4.24. The highest BCUT2D eigenvalue weighted by Crippen LogP contribution is 2.29. The van der Waals surface area contributed by atoms with E-state index in [1.54, 1.807) is 0 Å². The molecule has 0 aromatic carbocycles. The highest BCUT2D eigenvalue weighted by atomic mass is 16.5. The Labute approximate surface area is 89.3 Å². The second-order valence-corrected chi connectivity index (χ2v) is 3.89. The van der Waals surface area contributed by atoms with E-state index in [1.165, 1.54) is 7.11 Å². The zero-order valence-corrected chi connectivity index (χ0v) is 9.04. The maximum Gasteiger partial charge on any atom is 0.331 e. The Morgan fingerprint density at radius 3 is 2.40 bits per heavy atom. The molecule has 1 aliphatic carbocycles. The van der Waals surface area contributed by atoms with Crippen molar-refractivity contribution in [1.82, 2.24) is 5.32 Å². The number of methoxy groups -OCH3 is 1. The number of esters is 1. The summed E-state index contributed by atoms with van der Waals surface area (Å²) >= 11 is 0. The molecule has 1 rings (SSSR count). The molecule has 1 amide bonds. The largest absolute Gasteiger partial charge is 0.467 e. The zero-order chi connectivity index (χ0) is 11.3. The number of carbonyl (C=O) groups excluding carboxylic acids is 2. The second-order valence-electron chi connectivity index (χ2n) is 3.89. The van der Waals surface area contributed by atoms with Crippen molar-refractivity contribution in [2.75, 3.05) is 13.7 Å². The van der Waals surface area contributed by atoms with Crippen LogP contribution in [0.1, 0.15) is 32.1 Å². The summed E-state index contributed by atoms with van der Waals surface area (Å²) in [5, 5.41) is 2.69. The number of ether oxygens (including phenoxy) is 1. The Morgan fingerprint density at radius 1 is 1.33 bits per heavy atom. The Bertz CT molecular complexity index is 247. The van der Waals surface area contributed by atoms with Crippen LogP contribution in [0.15, 0.2) is 0 Å². The van der Waals surface area contributed by atoms with Crippen LogP contribution in [-0.2, 0) is 14.3 Å². The average molecular weight is 214 g/mol. The molecule has 86 valence electrons. The normalized spacial score (nSPS) is 19.3. The third-order valence-corrected chi connectivity index (χ3v) is 2.85. The van der Waals surface area contributed by atoms with Gasteiger partial charge in [0, 0.05) is 0 Å². The summed E-state index contributed by atoms with van der Waals surface area (Å²) in [4.78, 5) is 22.9. The lowest BCUT2D eigenvalue weighted by Crippen LogP contribution is -2.57. The molecule has 0 atom stereocenters. The van der Waals surface area contributed by atoms with Crippen LogP contribution in [0.25, 0.3) is 0 Å². The summed E-state index contributed by atoms with van der Waals surface area (Å²) < 4.78 is 4.74. The standard InChI is InChI=1S/C10H18N2O3/c1-15-9(14)10(12-8(13)7-11)5-3-2-4-6-10/h2-7,11H2,1H3,(H,12,13). The molecular weight excluding hydrogens is 196 g/mol. The summed E-state index contributed by atoms with van der Waals surface area (Å²) in [6.45, 7) is -0.0985. The van der Waals surface area contributed by atoms with Gasteiger partial charge in [-0.25, -0.2) is 4.79 Å². The molecule has 0 bridgehead atoms. The summed E-state index contributed by atoms with van der Waals surface area (Å²) in [7, 11) is 1.34. The summed E-state index contributed by atoms with van der Waals surface area (Å²) in [5.41, 5.74) is 4.40. The Kier molecular flexibility index (Phi) is 4.08. The Balaban J connectivity index is 2.75. The van der Waals surface area contributed by atoms with Gasteiger partial charge < -0.3 is 15.8 Å². The molecule has 0 radical (unpaired) electrons. The van der Waals surface area contributed by atoms with Gasteiger partial charge in [0.2, 0.25) is 5.91 Å². The van der Waals surface area contributed by atoms with Crippen LogP contribution < -0.4 is 11.1 Å². The van der Waals surface area contributed by atoms with Gasteiger partial charge in [0.25, 0.3) is 0 Å². The number of nitrogens with two attached hydrogens (primary N) is 1. The van der Waals surface area contributed by atoms with E-state index in [2.05, 4.69) is 5.32 Å². The fourth-order valence-corrected chi connectivity index (χ4v) is 2.05. The summed E-state index contributed by atoms with van der Waals surface area (Å²) in [5.74, 6) is -0.661. The van der Waals surface area contributed by atoms with E-state index in [9.17, 15) is 9.59 Å². The molecule has 5 nitrogen and oxygen atoms in total. The minimum Gasteiger partial charge on any atom is -0.467 e. The van der Waals surface area contributed by atoms with E-state index in [-0.39, 0.29) is 18.4 Å². The molecule has 0 heterocycles. The highest BCUT2D eigenvalue weighted by molar-refractivity contribution is 5.88. The predicted molar refractivity (Wildman–Crippen MR) is 55.0 cm³/mol. The molecule has 0 aromatic heterocycles. The van der Waals surface area contributed by atoms with Gasteiger partial charge in [-0.1, -0.05) is 19.3 Å². The average Bonchev–Trinajstić information content (AvgIpc) is 2.29. The fraction of sp³-hybridized carbons (Fsp3) is 0.800. The number of hydrogen-bond donors (Lipinski definition) is 2. The topological polar surface area (TPSA) is 81.4 Å². The van der Waals surface area contributed by atoms with Crippen LogP contribution in [0.5, 0.6) is 0 Å². The van der Waals surface area contributed by atoms with E-state index < -0.39 is 5.54 Å². The summed E-state index contributed by atoms with van der Waals surface area (Å²) in [6, 6.07) is 0. The quantitative estimate of drug-likeness (QED) is 0.645. The first-order valence-corrected chi connectivity index (χ1v) is 5.24. The predicted octanol–water partition coefficient (Wildman–Crippen LogP) is -0.0628. The number of nitrogens with one attached hydrogen (secondary N) is 1. The first-order valence-electron chi connectivity index (χ1n) is 5.24. The number of hydrogen-bond acceptors (Lipinski definition) is 4. The molecule has 5 heteroatoms. The number of amides is 1. The molecule has 0 spiro atoms. The van der Waals surface area contributed by atoms with Gasteiger partial charge in [-0.2, -0.15) is 0 Å². The molecule has 15 heavy (non-hydrogen) atoms.